The van der Waals surface area contributed by atoms with E-state index in [0.29, 0.717) is 12.0 Å². The molecule has 1 aromatic rings. The average Bonchev–Trinajstić information content (AvgIpc) is 2.39. The van der Waals surface area contributed by atoms with Gasteiger partial charge in [0.2, 0.25) is 0 Å². The van der Waals surface area contributed by atoms with Crippen LogP contribution in [0.1, 0.15) is 47.5 Å². The standard InChI is InChI=1S/C16H29N3/c1-6-14(7-2)19(12-13(4)5)15-9-10-18-16(11-15)17-8-3/h9-11,13-14H,6-8,12H2,1-5H3,(H,17,18). The Hall–Kier alpha value is -1.25. The molecule has 1 N–H and O–H groups in total. The van der Waals surface area contributed by atoms with Crippen molar-refractivity contribution in [3.05, 3.63) is 18.3 Å². The van der Waals surface area contributed by atoms with Crippen LogP contribution < -0.4 is 10.2 Å². The van der Waals surface area contributed by atoms with Crippen LogP contribution in [-0.2, 0) is 0 Å². The van der Waals surface area contributed by atoms with Crippen LogP contribution in [0.5, 0.6) is 0 Å². The average molecular weight is 263 g/mol. The van der Waals surface area contributed by atoms with Crippen molar-refractivity contribution < 1.29 is 0 Å². The first-order valence-electron chi connectivity index (χ1n) is 7.58. The molecule has 0 aliphatic carbocycles. The number of hydrogen-bond donors (Lipinski definition) is 1. The first-order chi connectivity index (χ1) is 9.12. The van der Waals surface area contributed by atoms with E-state index in [-0.39, 0.29) is 0 Å². The molecule has 1 heterocycles. The first-order valence-corrected chi connectivity index (χ1v) is 7.58. The molecule has 19 heavy (non-hydrogen) atoms. The SMILES string of the molecule is CCNc1cc(N(CC(C)C)C(CC)CC)ccn1. The number of hydrogen-bond acceptors (Lipinski definition) is 3. The van der Waals surface area contributed by atoms with Crippen molar-refractivity contribution >= 4 is 11.5 Å². The Labute approximate surface area is 118 Å². The van der Waals surface area contributed by atoms with Crippen LogP contribution in [0.4, 0.5) is 11.5 Å². The first kappa shape index (κ1) is 15.8. The smallest absolute Gasteiger partial charge is 0.127 e. The Kier molecular flexibility index (Phi) is 6.68. The molecular formula is C16H29N3. The number of nitrogens with one attached hydrogen (secondary N) is 1. The van der Waals surface area contributed by atoms with Crippen molar-refractivity contribution in [2.24, 2.45) is 5.92 Å². The molecule has 1 rings (SSSR count). The van der Waals surface area contributed by atoms with Gasteiger partial charge in [-0.05, 0) is 31.7 Å². The third-order valence-electron chi connectivity index (χ3n) is 3.38. The molecule has 0 aromatic carbocycles. The maximum Gasteiger partial charge on any atom is 0.127 e. The number of anilines is 2. The predicted octanol–water partition coefficient (Wildman–Crippen LogP) is 4.16. The maximum atomic E-state index is 4.36. The minimum absolute atomic E-state index is 0.610. The fourth-order valence-corrected chi connectivity index (χ4v) is 2.46. The number of rotatable bonds is 8. The predicted molar refractivity (Wildman–Crippen MR) is 85.0 cm³/mol. The lowest BCUT2D eigenvalue weighted by atomic mass is 10.1. The molecule has 0 spiro atoms. The maximum absolute atomic E-state index is 4.36. The molecule has 0 aliphatic heterocycles. The van der Waals surface area contributed by atoms with Crippen molar-refractivity contribution in [1.82, 2.24) is 4.98 Å². The van der Waals surface area contributed by atoms with Crippen LogP contribution >= 0.6 is 0 Å². The summed E-state index contributed by atoms with van der Waals surface area (Å²) >= 11 is 0. The van der Waals surface area contributed by atoms with Gasteiger partial charge in [-0.2, -0.15) is 0 Å². The van der Waals surface area contributed by atoms with Gasteiger partial charge in [-0.15, -0.1) is 0 Å². The topological polar surface area (TPSA) is 28.2 Å². The molecule has 0 amide bonds. The van der Waals surface area contributed by atoms with Gasteiger partial charge >= 0.3 is 0 Å². The molecule has 0 radical (unpaired) electrons. The molecule has 0 saturated carbocycles. The molecule has 3 heteroatoms. The van der Waals surface area contributed by atoms with Crippen molar-refractivity contribution in [3.8, 4) is 0 Å². The normalized spacial score (nSPS) is 11.1. The van der Waals surface area contributed by atoms with E-state index < -0.39 is 0 Å². The number of pyridine rings is 1. The summed E-state index contributed by atoms with van der Waals surface area (Å²) in [7, 11) is 0. The molecular weight excluding hydrogens is 234 g/mol. The Balaban J connectivity index is 2.98. The van der Waals surface area contributed by atoms with Gasteiger partial charge in [0.25, 0.3) is 0 Å². The molecule has 0 atom stereocenters. The fraction of sp³-hybridized carbons (Fsp3) is 0.688. The fourth-order valence-electron chi connectivity index (χ4n) is 2.46. The van der Waals surface area contributed by atoms with E-state index in [0.717, 1.165) is 18.9 Å². The van der Waals surface area contributed by atoms with Crippen molar-refractivity contribution in [2.75, 3.05) is 23.3 Å². The van der Waals surface area contributed by atoms with Crippen molar-refractivity contribution in [3.63, 3.8) is 0 Å². The molecule has 108 valence electrons. The quantitative estimate of drug-likeness (QED) is 0.763. The van der Waals surface area contributed by atoms with E-state index in [1.807, 2.05) is 6.20 Å². The molecule has 0 saturated heterocycles. The lowest BCUT2D eigenvalue weighted by molar-refractivity contribution is 0.507. The molecule has 3 nitrogen and oxygen atoms in total. The van der Waals surface area contributed by atoms with Crippen LogP contribution in [0.2, 0.25) is 0 Å². The molecule has 0 bridgehead atoms. The van der Waals surface area contributed by atoms with Gasteiger partial charge in [0.15, 0.2) is 0 Å². The lowest BCUT2D eigenvalue weighted by Gasteiger charge is -2.34. The third-order valence-corrected chi connectivity index (χ3v) is 3.38. The highest BCUT2D eigenvalue weighted by molar-refractivity contribution is 5.54. The summed E-state index contributed by atoms with van der Waals surface area (Å²) < 4.78 is 0. The van der Waals surface area contributed by atoms with Crippen LogP contribution in [0, 0.1) is 5.92 Å². The van der Waals surface area contributed by atoms with Gasteiger partial charge in [0, 0.05) is 37.1 Å². The van der Waals surface area contributed by atoms with Crippen LogP contribution in [0.3, 0.4) is 0 Å². The highest BCUT2D eigenvalue weighted by Crippen LogP contribution is 2.23. The second-order valence-corrected chi connectivity index (χ2v) is 5.45. The minimum Gasteiger partial charge on any atom is -0.370 e. The second-order valence-electron chi connectivity index (χ2n) is 5.45. The van der Waals surface area contributed by atoms with Gasteiger partial charge in [0.05, 0.1) is 0 Å². The third kappa shape index (κ3) is 4.73. The van der Waals surface area contributed by atoms with E-state index in [9.17, 15) is 0 Å². The van der Waals surface area contributed by atoms with Crippen molar-refractivity contribution in [2.45, 2.75) is 53.5 Å². The number of nitrogens with zero attached hydrogens (tertiary/aromatic N) is 2. The zero-order valence-corrected chi connectivity index (χ0v) is 13.1. The van der Waals surface area contributed by atoms with Gasteiger partial charge in [-0.3, -0.25) is 0 Å². The highest BCUT2D eigenvalue weighted by Gasteiger charge is 2.17. The summed E-state index contributed by atoms with van der Waals surface area (Å²) in [6.07, 6.45) is 4.27. The Morgan fingerprint density at radius 2 is 1.89 bits per heavy atom. The Bertz CT molecular complexity index is 359. The monoisotopic (exact) mass is 263 g/mol. The molecule has 0 unspecified atom stereocenters. The van der Waals surface area contributed by atoms with Gasteiger partial charge < -0.3 is 10.2 Å². The van der Waals surface area contributed by atoms with E-state index in [1.54, 1.807) is 0 Å². The summed E-state index contributed by atoms with van der Waals surface area (Å²) in [5.41, 5.74) is 1.29. The zero-order valence-electron chi connectivity index (χ0n) is 13.1. The van der Waals surface area contributed by atoms with E-state index in [4.69, 9.17) is 0 Å². The summed E-state index contributed by atoms with van der Waals surface area (Å²) in [6, 6.07) is 4.91. The summed E-state index contributed by atoms with van der Waals surface area (Å²) in [6.45, 7) is 13.2. The van der Waals surface area contributed by atoms with Crippen LogP contribution in [0.25, 0.3) is 0 Å². The molecule has 1 aromatic heterocycles. The highest BCUT2D eigenvalue weighted by atomic mass is 15.2. The molecule has 0 aliphatic rings. The van der Waals surface area contributed by atoms with Gasteiger partial charge in [0.1, 0.15) is 5.82 Å². The van der Waals surface area contributed by atoms with Crippen LogP contribution in [0.15, 0.2) is 18.3 Å². The zero-order chi connectivity index (χ0) is 14.3. The van der Waals surface area contributed by atoms with E-state index in [2.05, 4.69) is 62.0 Å². The summed E-state index contributed by atoms with van der Waals surface area (Å²) in [5, 5.41) is 3.29. The van der Waals surface area contributed by atoms with Gasteiger partial charge in [-0.1, -0.05) is 27.7 Å². The summed E-state index contributed by atoms with van der Waals surface area (Å²) in [5.74, 6) is 1.64. The summed E-state index contributed by atoms with van der Waals surface area (Å²) in [4.78, 5) is 6.90. The second kappa shape index (κ2) is 8.03. The van der Waals surface area contributed by atoms with Crippen LogP contribution in [-0.4, -0.2) is 24.1 Å². The Morgan fingerprint density at radius 1 is 1.21 bits per heavy atom. The van der Waals surface area contributed by atoms with Crippen molar-refractivity contribution in [1.29, 1.82) is 0 Å². The molecule has 0 fully saturated rings. The lowest BCUT2D eigenvalue weighted by Crippen LogP contribution is -2.37. The number of aromatic nitrogens is 1. The Morgan fingerprint density at radius 3 is 2.42 bits per heavy atom. The van der Waals surface area contributed by atoms with E-state index in [1.165, 1.54) is 18.5 Å². The largest absolute Gasteiger partial charge is 0.370 e. The van der Waals surface area contributed by atoms with Gasteiger partial charge in [-0.25, -0.2) is 4.98 Å². The van der Waals surface area contributed by atoms with E-state index >= 15 is 0 Å². The minimum atomic E-state index is 0.610.